The number of unbranched alkanes of at least 4 members (excludes halogenated alkanes) is 16. The summed E-state index contributed by atoms with van der Waals surface area (Å²) in [4.78, 5) is 110. The molecule has 25 nitrogen and oxygen atoms in total. The molecule has 0 aromatic heterocycles. The average molecular weight is 1580 g/mol. The lowest BCUT2D eigenvalue weighted by molar-refractivity contribution is -0.147. The Kier molecular flexibility index (Phi) is 72.7. The van der Waals surface area contributed by atoms with Crippen LogP contribution >= 0.6 is 12.2 Å². The van der Waals surface area contributed by atoms with Crippen LogP contribution in [0.3, 0.4) is 0 Å². The number of esters is 4. The number of rotatable bonds is 76. The molecule has 0 saturated carbocycles. The zero-order valence-corrected chi connectivity index (χ0v) is 70.7. The highest BCUT2D eigenvalue weighted by atomic mass is 32.1. The van der Waals surface area contributed by atoms with Gasteiger partial charge in [-0.2, -0.15) is 0 Å². The predicted molar refractivity (Wildman–Crippen MR) is 431 cm³/mol. The fraction of sp³-hybridized carbons (Fsp3) is 0.892. The van der Waals surface area contributed by atoms with E-state index in [1.807, 2.05) is 9.80 Å². The van der Waals surface area contributed by atoms with Gasteiger partial charge in [-0.15, -0.1) is 0 Å². The average Bonchev–Trinajstić information content (AvgIpc) is 0.966. The lowest BCUT2D eigenvalue weighted by atomic mass is 9.96. The fourth-order valence-electron chi connectivity index (χ4n) is 12.6. The molecule has 0 rings (SSSR count). The van der Waals surface area contributed by atoms with E-state index in [-0.39, 0.29) is 155 Å². The van der Waals surface area contributed by atoms with Gasteiger partial charge in [0, 0.05) is 39.8 Å². The molecule has 0 aromatic carbocycles. The first-order valence-corrected chi connectivity index (χ1v) is 43.3. The maximum atomic E-state index is 13.2. The van der Waals surface area contributed by atoms with Gasteiger partial charge in [-0.1, -0.05) is 209 Å². The summed E-state index contributed by atoms with van der Waals surface area (Å²) in [5.74, 6) is -0.954. The van der Waals surface area contributed by atoms with Crippen LogP contribution in [0.4, 0.5) is 19.2 Å². The first kappa shape index (κ1) is 104. The maximum Gasteiger partial charge on any atom is 0.508 e. The SMILES string of the molecule is CCCCCCC(CCCC)COC(=O)OCCOC(=O)CCN(CCCN(CCCNC(=S)NC)CCCN(CCC(=O)OCCOC(=O)OCC(CCCC)CCCCCC)CCC(=O)OCCOC(=O)OCC(CCCC)CCCCCC)CCC(=O)OCCOC(=O)OCC(CCCC)CCCCCC. The number of thiocarbonyl (C=S) groups is 1. The molecule has 0 aliphatic heterocycles. The van der Waals surface area contributed by atoms with E-state index in [1.165, 1.54) is 25.7 Å². The molecule has 26 heteroatoms. The van der Waals surface area contributed by atoms with Gasteiger partial charge in [0.05, 0.1) is 52.1 Å². The second-order valence-corrected chi connectivity index (χ2v) is 29.4. The fourth-order valence-corrected chi connectivity index (χ4v) is 12.7. The topological polar surface area (TPSA) is 281 Å². The zero-order valence-electron chi connectivity index (χ0n) is 69.9. The molecular formula is C83H155N5O20S. The van der Waals surface area contributed by atoms with Crippen molar-refractivity contribution in [3.8, 4) is 0 Å². The number of nitrogens with one attached hydrogen (secondary N) is 2. The van der Waals surface area contributed by atoms with Crippen molar-refractivity contribution < 1.29 is 95.2 Å². The third-order valence-corrected chi connectivity index (χ3v) is 19.7. The largest absolute Gasteiger partial charge is 0.508 e. The first-order chi connectivity index (χ1) is 53.0. The van der Waals surface area contributed by atoms with Crippen LogP contribution in [0.1, 0.15) is 306 Å². The number of nitrogens with zero attached hydrogens (tertiary/aromatic N) is 3. The third-order valence-electron chi connectivity index (χ3n) is 19.3. The van der Waals surface area contributed by atoms with Crippen molar-refractivity contribution in [3.05, 3.63) is 0 Å². The summed E-state index contributed by atoms with van der Waals surface area (Å²) < 4.78 is 65.0. The summed E-state index contributed by atoms with van der Waals surface area (Å²) in [5, 5.41) is 6.69. The predicted octanol–water partition coefficient (Wildman–Crippen LogP) is 17.6. The molecule has 0 spiro atoms. The monoisotopic (exact) mass is 1570 g/mol. The van der Waals surface area contributed by atoms with Crippen LogP contribution in [0.5, 0.6) is 0 Å². The van der Waals surface area contributed by atoms with E-state index >= 15 is 0 Å². The zero-order chi connectivity index (χ0) is 80.3. The Labute approximate surface area is 664 Å². The minimum absolute atomic E-state index is 0.00888. The number of carbonyl (C=O) groups excluding carboxylic acids is 8. The van der Waals surface area contributed by atoms with E-state index in [9.17, 15) is 38.4 Å². The van der Waals surface area contributed by atoms with Crippen LogP contribution in [0.2, 0.25) is 0 Å². The van der Waals surface area contributed by atoms with Crippen LogP contribution < -0.4 is 10.6 Å². The molecule has 4 unspecified atom stereocenters. The molecule has 0 aliphatic rings. The van der Waals surface area contributed by atoms with Crippen LogP contribution in [0.15, 0.2) is 0 Å². The van der Waals surface area contributed by atoms with Gasteiger partial charge >= 0.3 is 48.5 Å². The minimum Gasteiger partial charge on any atom is -0.462 e. The van der Waals surface area contributed by atoms with Gasteiger partial charge in [-0.25, -0.2) is 19.2 Å². The van der Waals surface area contributed by atoms with Gasteiger partial charge in [0.15, 0.2) is 5.11 Å². The number of carbonyl (C=O) groups is 8. The molecule has 2 N–H and O–H groups in total. The van der Waals surface area contributed by atoms with Crippen molar-refractivity contribution in [1.82, 2.24) is 25.3 Å². The van der Waals surface area contributed by atoms with Gasteiger partial charge in [-0.3, -0.25) is 19.2 Å². The van der Waals surface area contributed by atoms with Crippen molar-refractivity contribution in [2.24, 2.45) is 23.7 Å². The van der Waals surface area contributed by atoms with Crippen LogP contribution in [-0.4, -0.2) is 220 Å². The van der Waals surface area contributed by atoms with E-state index in [0.29, 0.717) is 57.2 Å². The van der Waals surface area contributed by atoms with Crippen molar-refractivity contribution in [2.45, 2.75) is 306 Å². The Morgan fingerprint density at radius 1 is 0.266 bits per heavy atom. The van der Waals surface area contributed by atoms with E-state index in [2.05, 4.69) is 70.9 Å². The molecule has 0 aromatic rings. The van der Waals surface area contributed by atoms with Gasteiger partial charge < -0.3 is 82.2 Å². The standard InChI is InChI=1S/C83H155N5O20S/c1-10-18-26-30-41-71(37-22-14-5)67-105-80(93)101-63-59-97-75(89)45-55-87(56-46-76(90)98-60-64-102-81(94)106-68-72(38-23-15-6)42-31-27-19-11-2)53-35-51-86(50-34-49-85-79(109)84-9)52-36-54-88(57-47-77(91)99-61-65-103-82(95)107-69-73(39-24-16-7)43-32-28-20-12-3)58-48-78(92)100-62-66-104-83(96)108-70-74(40-25-17-8)44-33-29-21-13-4/h71-74H,10-70H2,1-9H3,(H2,84,85,109). The summed E-state index contributed by atoms with van der Waals surface area (Å²) >= 11 is 5.36. The molecule has 0 aliphatic carbocycles. The lowest BCUT2D eigenvalue weighted by Gasteiger charge is -2.27. The molecule has 109 heavy (non-hydrogen) atoms. The Morgan fingerprint density at radius 2 is 0.486 bits per heavy atom. The van der Waals surface area contributed by atoms with E-state index in [0.717, 1.165) is 186 Å². The first-order valence-electron chi connectivity index (χ1n) is 42.9. The Morgan fingerprint density at radius 3 is 0.725 bits per heavy atom. The third kappa shape index (κ3) is 67.9. The van der Waals surface area contributed by atoms with Crippen molar-refractivity contribution in [1.29, 1.82) is 0 Å². The van der Waals surface area contributed by atoms with E-state index in [1.54, 1.807) is 7.05 Å². The van der Waals surface area contributed by atoms with Gasteiger partial charge in [0.25, 0.3) is 0 Å². The molecule has 0 radical (unpaired) electrons. The molecule has 0 bridgehead atoms. The van der Waals surface area contributed by atoms with Crippen molar-refractivity contribution >= 4 is 65.8 Å². The Bertz CT molecular complexity index is 1980. The van der Waals surface area contributed by atoms with Gasteiger partial charge in [-0.05, 0) is 139 Å². The van der Waals surface area contributed by atoms with Crippen LogP contribution in [0, 0.1) is 23.7 Å². The number of hydrogen-bond acceptors (Lipinski definition) is 24. The molecule has 0 fully saturated rings. The summed E-state index contributed by atoms with van der Waals surface area (Å²) in [5.41, 5.74) is 0. The van der Waals surface area contributed by atoms with Crippen molar-refractivity contribution in [3.63, 3.8) is 0 Å². The molecule has 0 saturated heterocycles. The maximum absolute atomic E-state index is 13.2. The highest BCUT2D eigenvalue weighted by Crippen LogP contribution is 2.23. The second-order valence-electron chi connectivity index (χ2n) is 29.0. The van der Waals surface area contributed by atoms with Crippen LogP contribution in [-0.2, 0) is 76.0 Å². The number of hydrogen-bond donors (Lipinski definition) is 2. The molecule has 0 heterocycles. The number of ether oxygens (including phenoxy) is 12. The highest BCUT2D eigenvalue weighted by molar-refractivity contribution is 7.80. The van der Waals surface area contributed by atoms with Crippen molar-refractivity contribution in [2.75, 3.05) is 152 Å². The quantitative estimate of drug-likeness (QED) is 0.0248. The highest BCUT2D eigenvalue weighted by Gasteiger charge is 2.21. The normalized spacial score (nSPS) is 12.4. The Balaban J connectivity index is 6.26. The second kappa shape index (κ2) is 76.5. The lowest BCUT2D eigenvalue weighted by Crippen LogP contribution is -2.37. The van der Waals surface area contributed by atoms with Gasteiger partial charge in [0.2, 0.25) is 0 Å². The summed E-state index contributed by atoms with van der Waals surface area (Å²) in [6, 6.07) is 0. The summed E-state index contributed by atoms with van der Waals surface area (Å²) in [6.45, 7) is 21.7. The van der Waals surface area contributed by atoms with Gasteiger partial charge in [0.1, 0.15) is 52.9 Å². The smallest absolute Gasteiger partial charge is 0.462 e. The molecule has 4 atom stereocenters. The summed E-state index contributed by atoms with van der Waals surface area (Å²) in [6.07, 6.45) is 33.4. The van der Waals surface area contributed by atoms with Crippen LogP contribution in [0.25, 0.3) is 0 Å². The molecule has 638 valence electrons. The Hall–Kier alpha value is -5.47. The van der Waals surface area contributed by atoms with E-state index in [4.69, 9.17) is 69.1 Å². The molecule has 0 amide bonds. The molecular weight excluding hydrogens is 1420 g/mol. The minimum atomic E-state index is -0.794. The van der Waals surface area contributed by atoms with E-state index < -0.39 is 48.5 Å². The summed E-state index contributed by atoms with van der Waals surface area (Å²) in [7, 11) is 1.75.